The highest BCUT2D eigenvalue weighted by Crippen LogP contribution is 2.24. The van der Waals surface area contributed by atoms with Crippen molar-refractivity contribution in [3.05, 3.63) is 64.7 Å². The lowest BCUT2D eigenvalue weighted by molar-refractivity contribution is -0.129. The smallest absolute Gasteiger partial charge is 0.338 e. The van der Waals surface area contributed by atoms with Gasteiger partial charge in [0.1, 0.15) is 0 Å². The molecule has 2 aromatic carbocycles. The molecule has 3 rings (SSSR count). The molecule has 0 fully saturated rings. The molecule has 0 bridgehead atoms. The topological polar surface area (TPSA) is 84.5 Å². The SMILES string of the molecule is Cc1ccc(CNC(=O)[C@@H](C)OC(=O)c2ccc3c(c2)CCC(=O)N3)cc1. The van der Waals surface area contributed by atoms with E-state index >= 15 is 0 Å². The fraction of sp³-hybridized carbons (Fsp3) is 0.286. The summed E-state index contributed by atoms with van der Waals surface area (Å²) < 4.78 is 5.28. The Morgan fingerprint density at radius 3 is 2.63 bits per heavy atom. The van der Waals surface area contributed by atoms with Gasteiger partial charge in [-0.15, -0.1) is 0 Å². The van der Waals surface area contributed by atoms with E-state index in [4.69, 9.17) is 4.74 Å². The van der Waals surface area contributed by atoms with E-state index in [9.17, 15) is 14.4 Å². The Morgan fingerprint density at radius 1 is 1.15 bits per heavy atom. The van der Waals surface area contributed by atoms with Gasteiger partial charge in [0, 0.05) is 18.7 Å². The molecule has 140 valence electrons. The van der Waals surface area contributed by atoms with Crippen LogP contribution in [0.25, 0.3) is 0 Å². The summed E-state index contributed by atoms with van der Waals surface area (Å²) in [7, 11) is 0. The molecule has 1 aliphatic rings. The average molecular weight is 366 g/mol. The predicted octanol–water partition coefficient (Wildman–Crippen LogP) is 2.74. The molecule has 1 heterocycles. The fourth-order valence-corrected chi connectivity index (χ4v) is 2.83. The lowest BCUT2D eigenvalue weighted by Gasteiger charge is -2.18. The zero-order valence-corrected chi connectivity index (χ0v) is 15.4. The Labute approximate surface area is 157 Å². The van der Waals surface area contributed by atoms with E-state index in [1.165, 1.54) is 0 Å². The summed E-state index contributed by atoms with van der Waals surface area (Å²) in [5.41, 5.74) is 4.09. The summed E-state index contributed by atoms with van der Waals surface area (Å²) in [6.07, 6.45) is 0.0664. The molecule has 0 aromatic heterocycles. The van der Waals surface area contributed by atoms with Crippen molar-refractivity contribution in [3.63, 3.8) is 0 Å². The van der Waals surface area contributed by atoms with E-state index in [1.54, 1.807) is 25.1 Å². The molecule has 1 atom stereocenters. The van der Waals surface area contributed by atoms with Crippen LogP contribution in [0.1, 0.15) is 40.4 Å². The van der Waals surface area contributed by atoms with Crippen molar-refractivity contribution in [1.82, 2.24) is 5.32 Å². The van der Waals surface area contributed by atoms with Gasteiger partial charge in [-0.05, 0) is 49.6 Å². The van der Waals surface area contributed by atoms with Crippen LogP contribution in [0.2, 0.25) is 0 Å². The van der Waals surface area contributed by atoms with Gasteiger partial charge in [0.25, 0.3) is 5.91 Å². The molecule has 2 aromatic rings. The average Bonchev–Trinajstić information content (AvgIpc) is 2.66. The summed E-state index contributed by atoms with van der Waals surface area (Å²) in [5.74, 6) is -0.946. The number of aryl methyl sites for hydroxylation is 2. The summed E-state index contributed by atoms with van der Waals surface area (Å²) in [5, 5.41) is 5.53. The number of carbonyl (C=O) groups is 3. The molecule has 0 saturated heterocycles. The predicted molar refractivity (Wildman–Crippen MR) is 101 cm³/mol. The molecule has 2 amide bonds. The number of rotatable bonds is 5. The van der Waals surface area contributed by atoms with Gasteiger partial charge in [-0.25, -0.2) is 4.79 Å². The van der Waals surface area contributed by atoms with Crippen molar-refractivity contribution in [3.8, 4) is 0 Å². The summed E-state index contributed by atoms with van der Waals surface area (Å²) >= 11 is 0. The normalized spacial score (nSPS) is 13.9. The molecule has 2 N–H and O–H groups in total. The maximum absolute atomic E-state index is 12.3. The highest BCUT2D eigenvalue weighted by Gasteiger charge is 2.21. The maximum Gasteiger partial charge on any atom is 0.338 e. The second-order valence-electron chi connectivity index (χ2n) is 6.67. The zero-order chi connectivity index (χ0) is 19.4. The van der Waals surface area contributed by atoms with Crippen LogP contribution in [0.3, 0.4) is 0 Å². The minimum atomic E-state index is -0.904. The first kappa shape index (κ1) is 18.6. The largest absolute Gasteiger partial charge is 0.449 e. The minimum Gasteiger partial charge on any atom is -0.449 e. The van der Waals surface area contributed by atoms with Gasteiger partial charge in [0.15, 0.2) is 6.10 Å². The van der Waals surface area contributed by atoms with Gasteiger partial charge >= 0.3 is 5.97 Å². The number of benzene rings is 2. The van der Waals surface area contributed by atoms with Gasteiger partial charge in [-0.3, -0.25) is 9.59 Å². The van der Waals surface area contributed by atoms with Crippen LogP contribution < -0.4 is 10.6 Å². The Morgan fingerprint density at radius 2 is 1.89 bits per heavy atom. The van der Waals surface area contributed by atoms with E-state index < -0.39 is 12.1 Å². The molecular weight excluding hydrogens is 344 g/mol. The number of fused-ring (bicyclic) bond motifs is 1. The first-order valence-electron chi connectivity index (χ1n) is 8.89. The van der Waals surface area contributed by atoms with E-state index in [-0.39, 0.29) is 11.8 Å². The van der Waals surface area contributed by atoms with Crippen molar-refractivity contribution in [2.45, 2.75) is 39.3 Å². The van der Waals surface area contributed by atoms with Crippen LogP contribution in [0.5, 0.6) is 0 Å². The number of esters is 1. The molecule has 0 aliphatic carbocycles. The van der Waals surface area contributed by atoms with E-state index in [0.717, 1.165) is 16.7 Å². The highest BCUT2D eigenvalue weighted by atomic mass is 16.5. The molecule has 27 heavy (non-hydrogen) atoms. The lowest BCUT2D eigenvalue weighted by Crippen LogP contribution is -2.35. The van der Waals surface area contributed by atoms with E-state index in [0.29, 0.717) is 30.6 Å². The second kappa shape index (κ2) is 8.03. The van der Waals surface area contributed by atoms with Crippen LogP contribution in [0.4, 0.5) is 5.69 Å². The Balaban J connectivity index is 1.56. The van der Waals surface area contributed by atoms with Crippen LogP contribution in [-0.4, -0.2) is 23.9 Å². The molecule has 0 unspecified atom stereocenters. The number of hydrogen-bond donors (Lipinski definition) is 2. The molecule has 0 radical (unpaired) electrons. The molecule has 1 aliphatic heterocycles. The zero-order valence-electron chi connectivity index (χ0n) is 15.4. The van der Waals surface area contributed by atoms with Crippen LogP contribution in [0.15, 0.2) is 42.5 Å². The minimum absolute atomic E-state index is 0.0308. The van der Waals surface area contributed by atoms with Gasteiger partial charge in [0.05, 0.1) is 5.56 Å². The van der Waals surface area contributed by atoms with Crippen molar-refractivity contribution in [1.29, 1.82) is 0 Å². The van der Waals surface area contributed by atoms with Crippen molar-refractivity contribution >= 4 is 23.5 Å². The Hall–Kier alpha value is -3.15. The van der Waals surface area contributed by atoms with E-state index in [2.05, 4.69) is 10.6 Å². The summed E-state index contributed by atoms with van der Waals surface area (Å²) in [6, 6.07) is 12.8. The molecular formula is C21H22N2O4. The number of anilines is 1. The van der Waals surface area contributed by atoms with Crippen molar-refractivity contribution in [2.24, 2.45) is 0 Å². The summed E-state index contributed by atoms with van der Waals surface area (Å²) in [4.78, 5) is 35.9. The first-order valence-corrected chi connectivity index (χ1v) is 8.89. The van der Waals surface area contributed by atoms with Gasteiger partial charge in [-0.2, -0.15) is 0 Å². The molecule has 6 nitrogen and oxygen atoms in total. The quantitative estimate of drug-likeness (QED) is 0.797. The molecule has 0 saturated carbocycles. The third kappa shape index (κ3) is 4.73. The maximum atomic E-state index is 12.3. The Bertz CT molecular complexity index is 874. The number of carbonyl (C=O) groups excluding carboxylic acids is 3. The van der Waals surface area contributed by atoms with Crippen LogP contribution >= 0.6 is 0 Å². The van der Waals surface area contributed by atoms with Crippen molar-refractivity contribution in [2.75, 3.05) is 5.32 Å². The lowest BCUT2D eigenvalue weighted by atomic mass is 10.0. The second-order valence-corrected chi connectivity index (χ2v) is 6.67. The molecule has 6 heteroatoms. The molecule has 0 spiro atoms. The van der Waals surface area contributed by atoms with Crippen LogP contribution in [0, 0.1) is 6.92 Å². The van der Waals surface area contributed by atoms with Crippen molar-refractivity contribution < 1.29 is 19.1 Å². The van der Waals surface area contributed by atoms with Gasteiger partial charge in [0.2, 0.25) is 5.91 Å². The summed E-state index contributed by atoms with van der Waals surface area (Å²) in [6.45, 7) is 3.92. The highest BCUT2D eigenvalue weighted by molar-refractivity contribution is 5.96. The third-order valence-electron chi connectivity index (χ3n) is 4.48. The third-order valence-corrected chi connectivity index (χ3v) is 4.48. The number of nitrogens with one attached hydrogen (secondary N) is 2. The van der Waals surface area contributed by atoms with E-state index in [1.807, 2.05) is 31.2 Å². The number of hydrogen-bond acceptors (Lipinski definition) is 4. The first-order chi connectivity index (χ1) is 12.9. The monoisotopic (exact) mass is 366 g/mol. The number of amides is 2. The Kier molecular flexibility index (Phi) is 5.54. The van der Waals surface area contributed by atoms with Crippen LogP contribution in [-0.2, 0) is 27.3 Å². The number of ether oxygens (including phenoxy) is 1. The van der Waals surface area contributed by atoms with Gasteiger partial charge in [-0.1, -0.05) is 29.8 Å². The standard InChI is InChI=1S/C21H22N2O4/c1-13-3-5-15(6-4-13)12-22-20(25)14(2)27-21(26)17-7-9-18-16(11-17)8-10-19(24)23-18/h3-7,9,11,14H,8,10,12H2,1-2H3,(H,22,25)(H,23,24)/t14-/m1/s1. The fourth-order valence-electron chi connectivity index (χ4n) is 2.83. The van der Waals surface area contributed by atoms with Gasteiger partial charge < -0.3 is 15.4 Å².